The van der Waals surface area contributed by atoms with Crippen LogP contribution in [0.15, 0.2) is 12.2 Å². The Bertz CT molecular complexity index is 429. The summed E-state index contributed by atoms with van der Waals surface area (Å²) in [5, 5.41) is 0. The van der Waals surface area contributed by atoms with Gasteiger partial charge in [0.25, 0.3) is 0 Å². The Labute approximate surface area is 99.0 Å². The molecule has 0 aromatic carbocycles. The summed E-state index contributed by atoms with van der Waals surface area (Å²) in [5.41, 5.74) is 0. The SMILES string of the molecule is CN1[C@@H]2CC3([C@H]1C=CC2=O)[S@](=O)CC[S@]3=O. The molecule has 0 aliphatic carbocycles. The van der Waals surface area contributed by atoms with Gasteiger partial charge in [0.1, 0.15) is 4.08 Å². The predicted molar refractivity (Wildman–Crippen MR) is 62.9 cm³/mol. The summed E-state index contributed by atoms with van der Waals surface area (Å²) in [6, 6.07) is -0.319. The molecule has 0 aromatic rings. The van der Waals surface area contributed by atoms with E-state index in [1.54, 1.807) is 12.2 Å². The third-order valence-corrected chi connectivity index (χ3v) is 8.74. The van der Waals surface area contributed by atoms with E-state index in [-0.39, 0.29) is 17.9 Å². The molecule has 2 fully saturated rings. The van der Waals surface area contributed by atoms with Gasteiger partial charge in [-0.25, -0.2) is 0 Å². The van der Waals surface area contributed by atoms with Gasteiger partial charge in [0.2, 0.25) is 0 Å². The van der Waals surface area contributed by atoms with Crippen molar-refractivity contribution in [2.24, 2.45) is 0 Å². The topological polar surface area (TPSA) is 54.5 Å². The van der Waals surface area contributed by atoms with Gasteiger partial charge in [-0.3, -0.25) is 18.1 Å². The van der Waals surface area contributed by atoms with Crippen LogP contribution in [0.25, 0.3) is 0 Å². The standard InChI is InChI=1S/C10H13NO3S2/c1-11-7-6-10(9(11)3-2-8(7)12)15(13)4-5-16(10)14/h2-3,7,9H,4-6H2,1H3/t7-,9-,15-,16-/m1/s1. The minimum Gasteiger partial charge on any atom is -0.293 e. The van der Waals surface area contributed by atoms with Crippen molar-refractivity contribution in [2.75, 3.05) is 18.6 Å². The van der Waals surface area contributed by atoms with Gasteiger partial charge < -0.3 is 0 Å². The van der Waals surface area contributed by atoms with Crippen LogP contribution in [-0.4, -0.2) is 53.8 Å². The lowest BCUT2D eigenvalue weighted by atomic mass is 10.1. The van der Waals surface area contributed by atoms with E-state index < -0.39 is 25.7 Å². The van der Waals surface area contributed by atoms with Gasteiger partial charge >= 0.3 is 0 Å². The first-order valence-electron chi connectivity index (χ1n) is 5.28. The lowest BCUT2D eigenvalue weighted by Gasteiger charge is -2.30. The molecule has 3 aliphatic rings. The fraction of sp³-hybridized carbons (Fsp3) is 0.700. The van der Waals surface area contributed by atoms with Gasteiger partial charge in [-0.05, 0) is 13.1 Å². The van der Waals surface area contributed by atoms with Crippen molar-refractivity contribution >= 4 is 27.4 Å². The molecule has 3 aliphatic heterocycles. The Balaban J connectivity index is 2.13. The van der Waals surface area contributed by atoms with Crippen molar-refractivity contribution in [2.45, 2.75) is 22.6 Å². The van der Waals surface area contributed by atoms with Gasteiger partial charge in [0.15, 0.2) is 5.78 Å². The van der Waals surface area contributed by atoms with Crippen LogP contribution >= 0.6 is 0 Å². The van der Waals surface area contributed by atoms with E-state index in [0.717, 1.165) is 0 Å². The van der Waals surface area contributed by atoms with Crippen molar-refractivity contribution in [1.82, 2.24) is 4.90 Å². The summed E-state index contributed by atoms with van der Waals surface area (Å²) >= 11 is 0. The number of rotatable bonds is 0. The molecule has 2 saturated heterocycles. The number of hydrogen-bond donors (Lipinski definition) is 0. The van der Waals surface area contributed by atoms with E-state index in [9.17, 15) is 13.2 Å². The second-order valence-electron chi connectivity index (χ2n) is 4.50. The number of fused-ring (bicyclic) bond motifs is 3. The first-order chi connectivity index (χ1) is 7.57. The number of carbonyl (C=O) groups is 1. The molecule has 0 amide bonds. The summed E-state index contributed by atoms with van der Waals surface area (Å²) in [5.74, 6) is 1.06. The van der Waals surface area contributed by atoms with Crippen LogP contribution in [-0.2, 0) is 26.4 Å². The second-order valence-corrected chi connectivity index (χ2v) is 8.42. The maximum atomic E-state index is 12.1. The average molecular weight is 259 g/mol. The second kappa shape index (κ2) is 3.34. The summed E-state index contributed by atoms with van der Waals surface area (Å²) in [7, 11) is -0.298. The normalized spacial score (nSPS) is 45.7. The van der Waals surface area contributed by atoms with Crippen LogP contribution in [0.3, 0.4) is 0 Å². The molecule has 4 atom stereocenters. The number of ketones is 1. The molecule has 3 rings (SSSR count). The zero-order chi connectivity index (χ0) is 11.5. The maximum Gasteiger partial charge on any atom is 0.172 e. The fourth-order valence-corrected chi connectivity index (χ4v) is 7.92. The largest absolute Gasteiger partial charge is 0.293 e. The Morgan fingerprint density at radius 1 is 1.38 bits per heavy atom. The van der Waals surface area contributed by atoms with Crippen LogP contribution in [0.4, 0.5) is 0 Å². The molecule has 0 unspecified atom stereocenters. The molecule has 6 heteroatoms. The van der Waals surface area contributed by atoms with Gasteiger partial charge in [0.05, 0.1) is 12.1 Å². The highest BCUT2D eigenvalue weighted by atomic mass is 32.3. The Morgan fingerprint density at radius 2 is 2.00 bits per heavy atom. The van der Waals surface area contributed by atoms with Crippen LogP contribution in [0.5, 0.6) is 0 Å². The number of nitrogens with zero attached hydrogens (tertiary/aromatic N) is 1. The van der Waals surface area contributed by atoms with E-state index in [0.29, 0.717) is 17.9 Å². The molecule has 1 spiro atoms. The molecule has 88 valence electrons. The summed E-state index contributed by atoms with van der Waals surface area (Å²) in [6.45, 7) is 0. The summed E-state index contributed by atoms with van der Waals surface area (Å²) in [6.07, 6.45) is 3.84. The fourth-order valence-electron chi connectivity index (χ4n) is 2.97. The van der Waals surface area contributed by atoms with Crippen molar-refractivity contribution in [3.63, 3.8) is 0 Å². The van der Waals surface area contributed by atoms with Gasteiger partial charge in [-0.15, -0.1) is 0 Å². The molecule has 16 heavy (non-hydrogen) atoms. The minimum atomic E-state index is -1.08. The third-order valence-electron chi connectivity index (χ3n) is 3.85. The Morgan fingerprint density at radius 3 is 2.56 bits per heavy atom. The van der Waals surface area contributed by atoms with Crippen LogP contribution in [0.1, 0.15) is 6.42 Å². The molecular formula is C10H13NO3S2. The highest BCUT2D eigenvalue weighted by molar-refractivity contribution is 8.07. The number of hydrogen-bond acceptors (Lipinski definition) is 4. The third kappa shape index (κ3) is 1.10. The first kappa shape index (κ1) is 10.8. The van der Waals surface area contributed by atoms with Crippen LogP contribution in [0, 0.1) is 0 Å². The predicted octanol–water partition coefficient (Wildman–Crippen LogP) is -0.595. The molecule has 3 heterocycles. The Kier molecular flexibility index (Phi) is 2.25. The molecule has 4 nitrogen and oxygen atoms in total. The number of likely N-dealkylation sites (N-methyl/N-ethyl adjacent to an activating group) is 1. The molecule has 2 bridgehead atoms. The Hall–Kier alpha value is -0.330. The lowest BCUT2D eigenvalue weighted by molar-refractivity contribution is -0.119. The molecular weight excluding hydrogens is 246 g/mol. The van der Waals surface area contributed by atoms with Gasteiger partial charge in [-0.2, -0.15) is 0 Å². The van der Waals surface area contributed by atoms with E-state index in [1.165, 1.54) is 0 Å². The molecule has 0 N–H and O–H groups in total. The maximum absolute atomic E-state index is 12.1. The van der Waals surface area contributed by atoms with E-state index in [1.807, 2.05) is 11.9 Å². The zero-order valence-corrected chi connectivity index (χ0v) is 10.6. The first-order valence-corrected chi connectivity index (χ1v) is 7.92. The lowest BCUT2D eigenvalue weighted by Crippen LogP contribution is -2.47. The van der Waals surface area contributed by atoms with Crippen LogP contribution < -0.4 is 0 Å². The van der Waals surface area contributed by atoms with Crippen LogP contribution in [0.2, 0.25) is 0 Å². The monoisotopic (exact) mass is 259 g/mol. The average Bonchev–Trinajstić information content (AvgIpc) is 2.62. The molecule has 0 aromatic heterocycles. The summed E-state index contributed by atoms with van der Waals surface area (Å²) in [4.78, 5) is 13.6. The van der Waals surface area contributed by atoms with Gasteiger partial charge in [-0.1, -0.05) is 6.08 Å². The van der Waals surface area contributed by atoms with E-state index in [4.69, 9.17) is 0 Å². The summed E-state index contributed by atoms with van der Waals surface area (Å²) < 4.78 is 23.6. The minimum absolute atomic E-state index is 0.0523. The molecule has 0 radical (unpaired) electrons. The van der Waals surface area contributed by atoms with Crippen molar-refractivity contribution < 1.29 is 13.2 Å². The smallest absolute Gasteiger partial charge is 0.172 e. The van der Waals surface area contributed by atoms with Gasteiger partial charge in [0, 0.05) is 39.5 Å². The molecule has 0 saturated carbocycles. The van der Waals surface area contributed by atoms with Crippen molar-refractivity contribution in [3.05, 3.63) is 12.2 Å². The quantitative estimate of drug-likeness (QED) is 0.583. The number of carbonyl (C=O) groups excluding carboxylic acids is 1. The van der Waals surface area contributed by atoms with Crippen molar-refractivity contribution in [1.29, 1.82) is 0 Å². The zero-order valence-electron chi connectivity index (χ0n) is 8.92. The van der Waals surface area contributed by atoms with Crippen molar-refractivity contribution in [3.8, 4) is 0 Å². The highest BCUT2D eigenvalue weighted by Gasteiger charge is 2.62. The highest BCUT2D eigenvalue weighted by Crippen LogP contribution is 2.45. The van der Waals surface area contributed by atoms with E-state index >= 15 is 0 Å². The van der Waals surface area contributed by atoms with E-state index in [2.05, 4.69) is 0 Å².